The number of methoxy groups -OCH3 is 1. The molecule has 0 amide bonds. The van der Waals surface area contributed by atoms with E-state index in [4.69, 9.17) is 10.5 Å². The zero-order valence-corrected chi connectivity index (χ0v) is 18.6. The molecule has 176 valence electrons. The molecule has 1 fully saturated rings. The fourth-order valence-corrected chi connectivity index (χ4v) is 4.71. The molecular formula is C24H28F2N4O3. The number of nitrogens with one attached hydrogen (secondary N) is 1. The van der Waals surface area contributed by atoms with Gasteiger partial charge < -0.3 is 20.6 Å². The Morgan fingerprint density at radius 3 is 2.76 bits per heavy atom. The number of alkyl halides is 2. The number of halogens is 2. The zero-order valence-electron chi connectivity index (χ0n) is 18.6. The third kappa shape index (κ3) is 4.65. The van der Waals surface area contributed by atoms with Crippen molar-refractivity contribution in [3.63, 3.8) is 0 Å². The first kappa shape index (κ1) is 23.0. The third-order valence-corrected chi connectivity index (χ3v) is 6.35. The van der Waals surface area contributed by atoms with E-state index in [2.05, 4.69) is 9.88 Å². The summed E-state index contributed by atoms with van der Waals surface area (Å²) >= 11 is 0. The minimum Gasteiger partial charge on any atom is -0.496 e. The molecule has 0 saturated carbocycles. The molecule has 7 nitrogen and oxygen atoms in total. The van der Waals surface area contributed by atoms with Gasteiger partial charge in [-0.3, -0.25) is 9.80 Å². The number of aromatic amines is 1. The van der Waals surface area contributed by atoms with E-state index >= 15 is 0 Å². The molecule has 0 radical (unpaired) electrons. The van der Waals surface area contributed by atoms with E-state index in [9.17, 15) is 18.7 Å². The highest BCUT2D eigenvalue weighted by molar-refractivity contribution is 5.93. The van der Waals surface area contributed by atoms with Gasteiger partial charge in [0, 0.05) is 60.6 Å². The number of hydrogen-bond acceptors (Lipinski definition) is 5. The van der Waals surface area contributed by atoms with Crippen LogP contribution in [-0.4, -0.2) is 65.6 Å². The number of H-pyrrole nitrogens is 1. The number of fused-ring (bicyclic) bond motifs is 1. The highest BCUT2D eigenvalue weighted by atomic mass is 19.3. The van der Waals surface area contributed by atoms with Crippen LogP contribution in [0.1, 0.15) is 33.1 Å². The number of piperazine rings is 1. The average Bonchev–Trinajstić information content (AvgIpc) is 3.26. The van der Waals surface area contributed by atoms with Crippen LogP contribution in [0.3, 0.4) is 0 Å². The van der Waals surface area contributed by atoms with Gasteiger partial charge in [0.15, 0.2) is 0 Å². The second kappa shape index (κ2) is 9.36. The van der Waals surface area contributed by atoms with Gasteiger partial charge in [-0.1, -0.05) is 6.07 Å². The van der Waals surface area contributed by atoms with Crippen molar-refractivity contribution in [2.24, 2.45) is 0 Å². The van der Waals surface area contributed by atoms with Gasteiger partial charge in [0.2, 0.25) is 0 Å². The smallest absolute Gasteiger partial charge is 0.337 e. The number of aromatic carboxylic acids is 1. The Morgan fingerprint density at radius 1 is 1.30 bits per heavy atom. The molecule has 1 aliphatic rings. The second-order valence-corrected chi connectivity index (χ2v) is 8.43. The Morgan fingerprint density at radius 2 is 2.09 bits per heavy atom. The Labute approximate surface area is 190 Å². The molecule has 1 aliphatic heterocycles. The first-order chi connectivity index (χ1) is 15.8. The summed E-state index contributed by atoms with van der Waals surface area (Å²) in [4.78, 5) is 18.6. The van der Waals surface area contributed by atoms with Crippen LogP contribution in [0.15, 0.2) is 36.5 Å². The number of hydrogen-bond donors (Lipinski definition) is 3. The van der Waals surface area contributed by atoms with Crippen molar-refractivity contribution in [2.75, 3.05) is 39.0 Å². The lowest BCUT2D eigenvalue weighted by Gasteiger charge is -2.42. The molecule has 1 aromatic heterocycles. The quantitative estimate of drug-likeness (QED) is 0.465. The van der Waals surface area contributed by atoms with Crippen LogP contribution in [0.25, 0.3) is 10.9 Å². The summed E-state index contributed by atoms with van der Waals surface area (Å²) in [6.45, 7) is 3.73. The highest BCUT2D eigenvalue weighted by Gasteiger charge is 2.31. The monoisotopic (exact) mass is 458 g/mol. The number of aryl methyl sites for hydroxylation is 1. The van der Waals surface area contributed by atoms with Crippen molar-refractivity contribution in [1.29, 1.82) is 0 Å². The van der Waals surface area contributed by atoms with Crippen LogP contribution in [0, 0.1) is 6.92 Å². The molecule has 0 bridgehead atoms. The maximum absolute atomic E-state index is 13.1. The van der Waals surface area contributed by atoms with E-state index in [1.54, 1.807) is 24.1 Å². The molecule has 0 unspecified atom stereocenters. The predicted molar refractivity (Wildman–Crippen MR) is 123 cm³/mol. The standard InChI is InChI=1S/C24H28F2N4O3/c1-14-9-21(33-2)18(16-5-6-28-23(14)16)11-30-8-7-29(13-22(25)26)12-20(30)15-3-4-17(24(31)32)19(27)10-15/h3-6,9-10,20,22,28H,7-8,11-13,27H2,1-2H3,(H,31,32)/t20-/m0/s1. The van der Waals surface area contributed by atoms with Crippen LogP contribution in [0.2, 0.25) is 0 Å². The topological polar surface area (TPSA) is 94.8 Å². The van der Waals surface area contributed by atoms with E-state index < -0.39 is 12.4 Å². The van der Waals surface area contributed by atoms with Crippen molar-refractivity contribution in [2.45, 2.75) is 25.9 Å². The minimum atomic E-state index is -2.42. The number of carboxylic acids is 1. The molecule has 4 N–H and O–H groups in total. The molecule has 3 aromatic rings. The number of nitrogens with two attached hydrogens (primary N) is 1. The zero-order chi connectivity index (χ0) is 23.7. The number of carbonyl (C=O) groups is 1. The Bertz CT molecular complexity index is 1160. The Balaban J connectivity index is 1.71. The first-order valence-electron chi connectivity index (χ1n) is 10.8. The van der Waals surface area contributed by atoms with Crippen LogP contribution < -0.4 is 10.5 Å². The molecule has 0 spiro atoms. The molecule has 0 aliphatic carbocycles. The SMILES string of the molecule is COc1cc(C)c2[nH]ccc2c1CN1CCN(CC(F)F)C[C@H]1c1ccc(C(=O)O)c(N)c1. The number of carboxylic acid groups (broad SMARTS) is 1. The van der Waals surface area contributed by atoms with Gasteiger partial charge in [0.25, 0.3) is 6.43 Å². The fourth-order valence-electron chi connectivity index (χ4n) is 4.71. The normalized spacial score (nSPS) is 17.7. The van der Waals surface area contributed by atoms with Gasteiger partial charge in [-0.25, -0.2) is 13.6 Å². The Kier molecular flexibility index (Phi) is 6.53. The summed E-state index contributed by atoms with van der Waals surface area (Å²) < 4.78 is 31.9. The molecule has 1 atom stereocenters. The van der Waals surface area contributed by atoms with Crippen molar-refractivity contribution in [3.05, 3.63) is 58.8 Å². The second-order valence-electron chi connectivity index (χ2n) is 8.43. The number of nitrogens with zero attached hydrogens (tertiary/aromatic N) is 2. The van der Waals surface area contributed by atoms with Crippen LogP contribution in [0.4, 0.5) is 14.5 Å². The molecule has 9 heteroatoms. The summed E-state index contributed by atoms with van der Waals surface area (Å²) in [6, 6.07) is 8.63. The number of aromatic nitrogens is 1. The third-order valence-electron chi connectivity index (χ3n) is 6.35. The number of ether oxygens (including phenoxy) is 1. The molecule has 33 heavy (non-hydrogen) atoms. The van der Waals surface area contributed by atoms with E-state index in [-0.39, 0.29) is 23.8 Å². The van der Waals surface area contributed by atoms with Gasteiger partial charge in [-0.15, -0.1) is 0 Å². The van der Waals surface area contributed by atoms with Crippen LogP contribution in [-0.2, 0) is 6.54 Å². The van der Waals surface area contributed by atoms with E-state index in [0.717, 1.165) is 33.3 Å². The molecule has 4 rings (SSSR count). The lowest BCUT2D eigenvalue weighted by Crippen LogP contribution is -2.49. The number of nitrogen functional groups attached to an aromatic ring is 1. The van der Waals surface area contributed by atoms with Crippen LogP contribution in [0.5, 0.6) is 5.75 Å². The summed E-state index contributed by atoms with van der Waals surface area (Å²) in [6.07, 6.45) is -0.530. The lowest BCUT2D eigenvalue weighted by atomic mass is 9.97. The van der Waals surface area contributed by atoms with E-state index in [1.165, 1.54) is 6.07 Å². The maximum Gasteiger partial charge on any atom is 0.337 e. The predicted octanol–water partition coefficient (Wildman–Crippen LogP) is 3.89. The molecule has 2 heterocycles. The van der Waals surface area contributed by atoms with Gasteiger partial charge in [-0.05, 0) is 42.3 Å². The Hall–Kier alpha value is -3.17. The fraction of sp³-hybridized carbons (Fsp3) is 0.375. The molecule has 2 aromatic carbocycles. The summed E-state index contributed by atoms with van der Waals surface area (Å²) in [5.74, 6) is -0.327. The van der Waals surface area contributed by atoms with Crippen LogP contribution >= 0.6 is 0 Å². The average molecular weight is 459 g/mol. The minimum absolute atomic E-state index is 0.0276. The van der Waals surface area contributed by atoms with Gasteiger partial charge >= 0.3 is 5.97 Å². The number of rotatable bonds is 7. The summed E-state index contributed by atoms with van der Waals surface area (Å²) in [5, 5.41) is 10.4. The molecular weight excluding hydrogens is 430 g/mol. The van der Waals surface area contributed by atoms with Gasteiger partial charge in [-0.2, -0.15) is 0 Å². The summed E-state index contributed by atoms with van der Waals surface area (Å²) in [5.41, 5.74) is 10.1. The number of benzene rings is 2. The number of anilines is 1. The van der Waals surface area contributed by atoms with E-state index in [0.29, 0.717) is 26.2 Å². The molecule has 1 saturated heterocycles. The maximum atomic E-state index is 13.1. The van der Waals surface area contributed by atoms with Crippen molar-refractivity contribution >= 4 is 22.6 Å². The lowest BCUT2D eigenvalue weighted by molar-refractivity contribution is 0.0246. The van der Waals surface area contributed by atoms with Crippen molar-refractivity contribution in [1.82, 2.24) is 14.8 Å². The first-order valence-corrected chi connectivity index (χ1v) is 10.8. The van der Waals surface area contributed by atoms with E-state index in [1.807, 2.05) is 25.3 Å². The van der Waals surface area contributed by atoms with Crippen molar-refractivity contribution < 1.29 is 23.4 Å². The van der Waals surface area contributed by atoms with Gasteiger partial charge in [0.1, 0.15) is 5.75 Å². The highest BCUT2D eigenvalue weighted by Crippen LogP contribution is 2.35. The van der Waals surface area contributed by atoms with Crippen molar-refractivity contribution in [3.8, 4) is 5.75 Å². The largest absolute Gasteiger partial charge is 0.496 e. The summed E-state index contributed by atoms with van der Waals surface area (Å²) in [7, 11) is 1.64. The van der Waals surface area contributed by atoms with Gasteiger partial charge in [0.05, 0.1) is 19.2 Å².